The zero-order valence-electron chi connectivity index (χ0n) is 12.7. The second-order valence-corrected chi connectivity index (χ2v) is 7.07. The third-order valence-electron chi connectivity index (χ3n) is 2.25. The lowest BCUT2D eigenvalue weighted by atomic mass is 10.2. The molecule has 1 atom stereocenters. The summed E-state index contributed by atoms with van der Waals surface area (Å²) in [5.41, 5.74) is -0.0853. The summed E-state index contributed by atoms with van der Waals surface area (Å²) in [4.78, 5) is 27.4. The maximum absolute atomic E-state index is 11.7. The molecular weight excluding hydrogens is 421 g/mol. The number of carbonyl (C=O) groups excluding carboxylic acids is 2. The summed E-state index contributed by atoms with van der Waals surface area (Å²) >= 11 is 7.94. The first kappa shape index (κ1) is 18.9. The number of hydrogen-bond acceptors (Lipinski definition) is 5. The lowest BCUT2D eigenvalue weighted by Crippen LogP contribution is -2.33. The van der Waals surface area contributed by atoms with Gasteiger partial charge in [0.05, 0.1) is 5.69 Å². The van der Waals surface area contributed by atoms with Crippen LogP contribution < -0.4 is 0 Å². The normalized spacial score (nSPS) is 13.0. The van der Waals surface area contributed by atoms with Crippen molar-refractivity contribution in [2.45, 2.75) is 39.4 Å². The van der Waals surface area contributed by atoms with Crippen molar-refractivity contribution < 1.29 is 19.1 Å². The monoisotopic (exact) mass is 437 g/mol. The van der Waals surface area contributed by atoms with Gasteiger partial charge in [0.25, 0.3) is 0 Å². The SMILES string of the molecule is C[C@@H](OC(=O)C=Nc1cc(Cl)ccc1I)C(=O)OC(C)(C)C. The topological polar surface area (TPSA) is 65.0 Å². The molecule has 0 bridgehead atoms. The predicted molar refractivity (Wildman–Crippen MR) is 93.7 cm³/mol. The number of nitrogens with zero attached hydrogens (tertiary/aromatic N) is 1. The molecule has 0 saturated heterocycles. The fourth-order valence-corrected chi connectivity index (χ4v) is 1.99. The molecule has 0 saturated carbocycles. The minimum Gasteiger partial charge on any atom is -0.457 e. The van der Waals surface area contributed by atoms with E-state index in [0.29, 0.717) is 10.7 Å². The van der Waals surface area contributed by atoms with Gasteiger partial charge in [-0.25, -0.2) is 14.6 Å². The van der Waals surface area contributed by atoms with E-state index in [2.05, 4.69) is 27.6 Å². The highest BCUT2D eigenvalue weighted by atomic mass is 127. The summed E-state index contributed by atoms with van der Waals surface area (Å²) in [5, 5.41) is 0.517. The number of hydrogen-bond donors (Lipinski definition) is 0. The Morgan fingerprint density at radius 2 is 2.00 bits per heavy atom. The molecule has 0 N–H and O–H groups in total. The quantitative estimate of drug-likeness (QED) is 0.407. The molecule has 0 spiro atoms. The summed E-state index contributed by atoms with van der Waals surface area (Å²) in [5.74, 6) is -1.33. The van der Waals surface area contributed by atoms with Gasteiger partial charge in [-0.15, -0.1) is 0 Å². The molecule has 5 nitrogen and oxygen atoms in total. The van der Waals surface area contributed by atoms with Gasteiger partial charge < -0.3 is 9.47 Å². The lowest BCUT2D eigenvalue weighted by molar-refractivity contribution is -0.171. The Labute approximate surface area is 148 Å². The van der Waals surface area contributed by atoms with E-state index >= 15 is 0 Å². The molecule has 0 aliphatic heterocycles. The van der Waals surface area contributed by atoms with Crippen molar-refractivity contribution in [3.63, 3.8) is 0 Å². The summed E-state index contributed by atoms with van der Waals surface area (Å²) in [6, 6.07) is 5.14. The van der Waals surface area contributed by atoms with E-state index < -0.39 is 23.6 Å². The van der Waals surface area contributed by atoms with Crippen LogP contribution in [0.3, 0.4) is 0 Å². The van der Waals surface area contributed by atoms with Gasteiger partial charge in [0.1, 0.15) is 11.8 Å². The Hall–Kier alpha value is -1.15. The number of carbonyl (C=O) groups is 2. The number of esters is 2. The molecule has 0 aliphatic rings. The van der Waals surface area contributed by atoms with Crippen molar-refractivity contribution in [3.05, 3.63) is 26.8 Å². The molecule has 1 rings (SSSR count). The first-order valence-corrected chi connectivity index (χ1v) is 7.97. The van der Waals surface area contributed by atoms with Crippen LogP contribution in [0.25, 0.3) is 0 Å². The smallest absolute Gasteiger partial charge is 0.350 e. The van der Waals surface area contributed by atoms with Gasteiger partial charge >= 0.3 is 11.9 Å². The van der Waals surface area contributed by atoms with Gasteiger partial charge in [-0.2, -0.15) is 0 Å². The number of benzene rings is 1. The molecule has 0 fully saturated rings. The van der Waals surface area contributed by atoms with Gasteiger partial charge in [-0.1, -0.05) is 11.6 Å². The van der Waals surface area contributed by atoms with Crippen molar-refractivity contribution in [2.75, 3.05) is 0 Å². The molecule has 0 aromatic heterocycles. The molecule has 1 aromatic rings. The zero-order valence-corrected chi connectivity index (χ0v) is 15.6. The van der Waals surface area contributed by atoms with Crippen LogP contribution in [0.4, 0.5) is 5.69 Å². The van der Waals surface area contributed by atoms with Crippen LogP contribution in [-0.2, 0) is 19.1 Å². The van der Waals surface area contributed by atoms with Crippen LogP contribution in [0, 0.1) is 3.57 Å². The lowest BCUT2D eigenvalue weighted by Gasteiger charge is -2.21. The van der Waals surface area contributed by atoms with Crippen molar-refractivity contribution in [2.24, 2.45) is 4.99 Å². The Balaban J connectivity index is 2.64. The molecule has 0 aliphatic carbocycles. The van der Waals surface area contributed by atoms with E-state index in [1.807, 2.05) is 0 Å². The Morgan fingerprint density at radius 1 is 1.36 bits per heavy atom. The third kappa shape index (κ3) is 6.74. The Kier molecular flexibility index (Phi) is 6.80. The largest absolute Gasteiger partial charge is 0.457 e. The number of aliphatic imine (C=N–C) groups is 1. The molecule has 0 unspecified atom stereocenters. The van der Waals surface area contributed by atoms with Gasteiger partial charge in [-0.05, 0) is 68.5 Å². The van der Waals surface area contributed by atoms with Crippen LogP contribution in [-0.4, -0.2) is 29.9 Å². The molecule has 0 heterocycles. The van der Waals surface area contributed by atoms with Crippen LogP contribution >= 0.6 is 34.2 Å². The van der Waals surface area contributed by atoms with Crippen LogP contribution in [0.2, 0.25) is 5.02 Å². The number of ether oxygens (including phenoxy) is 2. The van der Waals surface area contributed by atoms with Crippen LogP contribution in [0.15, 0.2) is 23.2 Å². The molecule has 0 radical (unpaired) electrons. The Bertz CT molecular complexity index is 596. The maximum atomic E-state index is 11.7. The van der Waals surface area contributed by atoms with Gasteiger partial charge in [0, 0.05) is 8.59 Å². The average molecular weight is 438 g/mol. The molecule has 7 heteroatoms. The zero-order chi connectivity index (χ0) is 16.9. The molecule has 1 aromatic carbocycles. The fraction of sp³-hybridized carbons (Fsp3) is 0.400. The highest BCUT2D eigenvalue weighted by Gasteiger charge is 2.24. The number of halogens is 2. The van der Waals surface area contributed by atoms with Crippen LogP contribution in [0.1, 0.15) is 27.7 Å². The van der Waals surface area contributed by atoms with Crippen molar-refractivity contribution in [3.8, 4) is 0 Å². The highest BCUT2D eigenvalue weighted by Crippen LogP contribution is 2.24. The maximum Gasteiger partial charge on any atom is 0.350 e. The standard InChI is InChI=1S/C15H17ClINO4/c1-9(14(20)22-15(2,3)4)21-13(19)8-18-12-7-10(16)5-6-11(12)17/h5-9H,1-4H3/t9-/m1/s1. The number of rotatable bonds is 4. The van der Waals surface area contributed by atoms with E-state index in [0.717, 1.165) is 9.78 Å². The van der Waals surface area contributed by atoms with Gasteiger partial charge in [0.2, 0.25) is 0 Å². The predicted octanol–water partition coefficient (Wildman–Crippen LogP) is 3.92. The van der Waals surface area contributed by atoms with E-state index in [4.69, 9.17) is 21.1 Å². The summed E-state index contributed by atoms with van der Waals surface area (Å²) in [7, 11) is 0. The first-order chi connectivity index (χ1) is 10.1. The van der Waals surface area contributed by atoms with Crippen molar-refractivity contribution in [1.82, 2.24) is 0 Å². The van der Waals surface area contributed by atoms with Gasteiger partial charge in [-0.3, -0.25) is 0 Å². The first-order valence-electron chi connectivity index (χ1n) is 6.51. The van der Waals surface area contributed by atoms with Gasteiger partial charge in [0.15, 0.2) is 6.10 Å². The molecular formula is C15H17ClINO4. The minimum absolute atomic E-state index is 0.517. The van der Waals surface area contributed by atoms with E-state index in [1.54, 1.807) is 39.0 Å². The fourth-order valence-electron chi connectivity index (χ4n) is 1.34. The van der Waals surface area contributed by atoms with E-state index in [9.17, 15) is 9.59 Å². The highest BCUT2D eigenvalue weighted by molar-refractivity contribution is 14.1. The summed E-state index contributed by atoms with van der Waals surface area (Å²) in [6.45, 7) is 6.66. The van der Waals surface area contributed by atoms with Crippen LogP contribution in [0.5, 0.6) is 0 Å². The summed E-state index contributed by atoms with van der Waals surface area (Å²) < 4.78 is 10.9. The van der Waals surface area contributed by atoms with E-state index in [1.165, 1.54) is 6.92 Å². The average Bonchev–Trinajstić information content (AvgIpc) is 2.37. The minimum atomic E-state index is -1.00. The van der Waals surface area contributed by atoms with E-state index in [-0.39, 0.29) is 0 Å². The second kappa shape index (κ2) is 7.92. The van der Waals surface area contributed by atoms with Crippen molar-refractivity contribution >= 4 is 58.0 Å². The second-order valence-electron chi connectivity index (χ2n) is 5.47. The summed E-state index contributed by atoms with van der Waals surface area (Å²) in [6.07, 6.45) is 0.00548. The molecule has 0 amide bonds. The van der Waals surface area contributed by atoms with Crippen molar-refractivity contribution in [1.29, 1.82) is 0 Å². The Morgan fingerprint density at radius 3 is 2.59 bits per heavy atom. The molecule has 22 heavy (non-hydrogen) atoms. The third-order valence-corrected chi connectivity index (χ3v) is 3.40. The molecule has 120 valence electrons.